The number of nitrogens with zero attached hydrogens (tertiary/aromatic N) is 6. The van der Waals surface area contributed by atoms with Crippen molar-refractivity contribution in [1.82, 2.24) is 30.2 Å². The van der Waals surface area contributed by atoms with Gasteiger partial charge < -0.3 is 15.1 Å². The molecule has 2 aliphatic rings. The number of aryl methyl sites for hydroxylation is 3. The fraction of sp³-hybridized carbons (Fsp3) is 0.538. The minimum absolute atomic E-state index is 0.0652. The maximum atomic E-state index is 12.8. The summed E-state index contributed by atoms with van der Waals surface area (Å²) in [4.78, 5) is 17.3. The standard InChI is InChI=1S/C26H35N7O/c1-16-6-8-21(9-7-16)33-18(3)23-17(2)28-29-25(24(23)30-33)32-12-10-19(11-13-32)26(34)27-20-14-22(15-20)31(4)5/h6-9,19-20,22H,10-15H2,1-5H3,(H,27,34). The van der Waals surface area contributed by atoms with Crippen molar-refractivity contribution in [3.8, 4) is 5.69 Å². The molecule has 3 heterocycles. The van der Waals surface area contributed by atoms with Crippen LogP contribution >= 0.6 is 0 Å². The van der Waals surface area contributed by atoms with E-state index in [-0.39, 0.29) is 11.8 Å². The number of nitrogens with one attached hydrogen (secondary N) is 1. The van der Waals surface area contributed by atoms with Gasteiger partial charge in [-0.15, -0.1) is 5.10 Å². The zero-order chi connectivity index (χ0) is 24.0. The van der Waals surface area contributed by atoms with Crippen LogP contribution in [0.25, 0.3) is 16.6 Å². The molecule has 1 aliphatic heterocycles. The van der Waals surface area contributed by atoms with E-state index in [2.05, 4.69) is 77.5 Å². The number of carbonyl (C=O) groups excluding carboxylic acids is 1. The second-order valence-electron chi connectivity index (χ2n) is 10.2. The van der Waals surface area contributed by atoms with Gasteiger partial charge in [0.25, 0.3) is 0 Å². The van der Waals surface area contributed by atoms with Crippen molar-refractivity contribution in [2.24, 2.45) is 5.92 Å². The Morgan fingerprint density at radius 1 is 1.03 bits per heavy atom. The SMILES string of the molecule is Cc1ccc(-n2nc3c(N4CCC(C(=O)NC5CC(N(C)C)C5)CC4)nnc(C)c3c2C)cc1. The third kappa shape index (κ3) is 4.15. The number of benzene rings is 1. The van der Waals surface area contributed by atoms with Crippen LogP contribution in [0.5, 0.6) is 0 Å². The van der Waals surface area contributed by atoms with Gasteiger partial charge in [-0.2, -0.15) is 10.2 Å². The molecule has 8 heteroatoms. The van der Waals surface area contributed by atoms with Gasteiger partial charge in [0.1, 0.15) is 5.52 Å². The number of aromatic nitrogens is 4. The van der Waals surface area contributed by atoms with E-state index in [1.54, 1.807) is 0 Å². The molecule has 0 bridgehead atoms. The molecule has 180 valence electrons. The largest absolute Gasteiger partial charge is 0.353 e. The molecule has 0 spiro atoms. The fourth-order valence-electron chi connectivity index (χ4n) is 5.26. The van der Waals surface area contributed by atoms with Crippen LogP contribution in [0.1, 0.15) is 42.6 Å². The lowest BCUT2D eigenvalue weighted by Crippen LogP contribution is -2.53. The molecule has 8 nitrogen and oxygen atoms in total. The number of amides is 1. The van der Waals surface area contributed by atoms with Gasteiger partial charge in [-0.3, -0.25) is 4.79 Å². The quantitative estimate of drug-likeness (QED) is 0.629. The zero-order valence-electron chi connectivity index (χ0n) is 20.9. The van der Waals surface area contributed by atoms with Crippen LogP contribution in [0.4, 0.5) is 5.82 Å². The van der Waals surface area contributed by atoms with Gasteiger partial charge in [0.05, 0.1) is 22.5 Å². The minimum Gasteiger partial charge on any atom is -0.353 e. The molecular weight excluding hydrogens is 426 g/mol. The smallest absolute Gasteiger partial charge is 0.223 e. The van der Waals surface area contributed by atoms with Crippen LogP contribution < -0.4 is 10.2 Å². The molecule has 1 aliphatic carbocycles. The van der Waals surface area contributed by atoms with Gasteiger partial charge in [0.2, 0.25) is 5.91 Å². The first-order valence-corrected chi connectivity index (χ1v) is 12.3. The number of rotatable bonds is 5. The van der Waals surface area contributed by atoms with Crippen LogP contribution in [-0.2, 0) is 4.79 Å². The second-order valence-corrected chi connectivity index (χ2v) is 10.2. The van der Waals surface area contributed by atoms with E-state index in [1.165, 1.54) is 5.56 Å². The lowest BCUT2D eigenvalue weighted by atomic mass is 9.85. The van der Waals surface area contributed by atoms with Crippen molar-refractivity contribution in [2.45, 2.75) is 58.5 Å². The predicted octanol–water partition coefficient (Wildman–Crippen LogP) is 3.17. The molecule has 5 rings (SSSR count). The fourth-order valence-corrected chi connectivity index (χ4v) is 5.26. The van der Waals surface area contributed by atoms with Gasteiger partial charge in [0, 0.05) is 31.1 Å². The molecule has 1 saturated carbocycles. The number of hydrogen-bond acceptors (Lipinski definition) is 6. The summed E-state index contributed by atoms with van der Waals surface area (Å²) in [5.74, 6) is 1.10. The number of anilines is 1. The van der Waals surface area contributed by atoms with Crippen molar-refractivity contribution >= 4 is 22.6 Å². The lowest BCUT2D eigenvalue weighted by Gasteiger charge is -2.41. The molecule has 0 unspecified atom stereocenters. The summed E-state index contributed by atoms with van der Waals surface area (Å²) in [5, 5.41) is 18.3. The Hall–Kier alpha value is -3.00. The topological polar surface area (TPSA) is 79.2 Å². The van der Waals surface area contributed by atoms with E-state index in [9.17, 15) is 4.79 Å². The predicted molar refractivity (Wildman–Crippen MR) is 134 cm³/mol. The molecule has 34 heavy (non-hydrogen) atoms. The maximum Gasteiger partial charge on any atom is 0.223 e. The Bertz CT molecular complexity index is 1190. The molecule has 3 aromatic rings. The van der Waals surface area contributed by atoms with Crippen LogP contribution in [0, 0.1) is 26.7 Å². The maximum absolute atomic E-state index is 12.8. The third-order valence-electron chi connectivity index (χ3n) is 7.62. The highest BCUT2D eigenvalue weighted by molar-refractivity contribution is 5.92. The summed E-state index contributed by atoms with van der Waals surface area (Å²) in [6, 6.07) is 9.32. The number of fused-ring (bicyclic) bond motifs is 1. The highest BCUT2D eigenvalue weighted by Crippen LogP contribution is 2.32. The summed E-state index contributed by atoms with van der Waals surface area (Å²) in [5.41, 5.74) is 5.10. The van der Waals surface area contributed by atoms with Gasteiger partial charge >= 0.3 is 0 Å². The van der Waals surface area contributed by atoms with E-state index in [4.69, 9.17) is 5.10 Å². The van der Waals surface area contributed by atoms with Crippen molar-refractivity contribution in [1.29, 1.82) is 0 Å². The van der Waals surface area contributed by atoms with Crippen molar-refractivity contribution < 1.29 is 4.79 Å². The van der Waals surface area contributed by atoms with Crippen molar-refractivity contribution in [2.75, 3.05) is 32.1 Å². The lowest BCUT2D eigenvalue weighted by molar-refractivity contribution is -0.127. The number of carbonyl (C=O) groups is 1. The van der Waals surface area contributed by atoms with Gasteiger partial charge in [-0.25, -0.2) is 4.68 Å². The number of hydrogen-bond donors (Lipinski definition) is 1. The molecule has 1 N–H and O–H groups in total. The van der Waals surface area contributed by atoms with Crippen LogP contribution in [0.15, 0.2) is 24.3 Å². The van der Waals surface area contributed by atoms with E-state index in [0.29, 0.717) is 12.1 Å². The Balaban J connectivity index is 1.31. The third-order valence-corrected chi connectivity index (χ3v) is 7.62. The zero-order valence-corrected chi connectivity index (χ0v) is 20.9. The van der Waals surface area contributed by atoms with Crippen LogP contribution in [0.2, 0.25) is 0 Å². The molecule has 0 atom stereocenters. The molecule has 1 aromatic carbocycles. The molecule has 2 fully saturated rings. The Morgan fingerprint density at radius 3 is 2.35 bits per heavy atom. The molecule has 1 amide bonds. The minimum atomic E-state index is 0.0652. The Morgan fingerprint density at radius 2 is 1.71 bits per heavy atom. The average molecular weight is 462 g/mol. The molecular formula is C26H35N7O. The highest BCUT2D eigenvalue weighted by atomic mass is 16.2. The first kappa shape index (κ1) is 22.8. The van der Waals surface area contributed by atoms with Gasteiger partial charge in [-0.05, 0) is 72.7 Å². The summed E-state index contributed by atoms with van der Waals surface area (Å²) < 4.78 is 1.99. The van der Waals surface area contributed by atoms with Crippen molar-refractivity contribution in [3.05, 3.63) is 41.2 Å². The van der Waals surface area contributed by atoms with Crippen LogP contribution in [-0.4, -0.2) is 70.1 Å². The Labute approximate surface area is 201 Å². The van der Waals surface area contributed by atoms with Gasteiger partial charge in [0.15, 0.2) is 5.82 Å². The first-order valence-electron chi connectivity index (χ1n) is 12.3. The number of piperidine rings is 1. The van der Waals surface area contributed by atoms with Gasteiger partial charge in [-0.1, -0.05) is 17.7 Å². The summed E-state index contributed by atoms with van der Waals surface area (Å²) in [7, 11) is 4.21. The van der Waals surface area contributed by atoms with Crippen molar-refractivity contribution in [3.63, 3.8) is 0 Å². The van der Waals surface area contributed by atoms with E-state index in [0.717, 1.165) is 72.6 Å². The summed E-state index contributed by atoms with van der Waals surface area (Å²) >= 11 is 0. The Kier molecular flexibility index (Phi) is 6.02. The summed E-state index contributed by atoms with van der Waals surface area (Å²) in [6.07, 6.45) is 3.75. The van der Waals surface area contributed by atoms with Crippen LogP contribution in [0.3, 0.4) is 0 Å². The molecule has 0 radical (unpaired) electrons. The van der Waals surface area contributed by atoms with E-state index in [1.807, 2.05) is 11.6 Å². The highest BCUT2D eigenvalue weighted by Gasteiger charge is 2.34. The molecule has 2 aromatic heterocycles. The van der Waals surface area contributed by atoms with E-state index < -0.39 is 0 Å². The van der Waals surface area contributed by atoms with E-state index >= 15 is 0 Å². The molecule has 1 saturated heterocycles. The monoisotopic (exact) mass is 461 g/mol. The second kappa shape index (κ2) is 8.98. The average Bonchev–Trinajstić information content (AvgIpc) is 3.14. The summed E-state index contributed by atoms with van der Waals surface area (Å²) in [6.45, 7) is 7.73. The normalized spacial score (nSPS) is 21.2. The first-order chi connectivity index (χ1) is 16.3.